The summed E-state index contributed by atoms with van der Waals surface area (Å²) in [5.41, 5.74) is 0. The molecule has 2 aliphatic carbocycles. The van der Waals surface area contributed by atoms with Crippen LogP contribution in [-0.4, -0.2) is 41.1 Å². The summed E-state index contributed by atoms with van der Waals surface area (Å²) >= 11 is 0. The molecule has 0 aromatic rings. The average molecular weight is 305 g/mol. The largest absolute Gasteiger partial charge is 0.481 e. The first kappa shape index (κ1) is 14.7. The second-order valence-electron chi connectivity index (χ2n) is 6.54. The maximum atomic E-state index is 12.9. The number of nitrogens with zero attached hydrogens (tertiary/aromatic N) is 1. The van der Waals surface area contributed by atoms with Gasteiger partial charge in [-0.05, 0) is 37.5 Å². The summed E-state index contributed by atoms with van der Waals surface area (Å²) < 4.78 is 38.8. The molecule has 0 aromatic heterocycles. The molecule has 3 aliphatic rings. The average Bonchev–Trinajstić information content (AvgIpc) is 3.29. The Morgan fingerprint density at radius 1 is 1.05 bits per heavy atom. The van der Waals surface area contributed by atoms with E-state index in [-0.39, 0.29) is 18.4 Å². The fourth-order valence-corrected chi connectivity index (χ4v) is 3.48. The van der Waals surface area contributed by atoms with Crippen molar-refractivity contribution < 1.29 is 27.9 Å². The van der Waals surface area contributed by atoms with Crippen molar-refractivity contribution in [2.45, 2.75) is 31.9 Å². The first-order valence-electron chi connectivity index (χ1n) is 7.37. The van der Waals surface area contributed by atoms with Gasteiger partial charge in [0.05, 0.1) is 11.8 Å². The molecule has 0 bridgehead atoms. The highest BCUT2D eigenvalue weighted by molar-refractivity contribution is 5.82. The quantitative estimate of drug-likeness (QED) is 0.866. The molecule has 0 radical (unpaired) electrons. The second kappa shape index (κ2) is 4.88. The van der Waals surface area contributed by atoms with Crippen LogP contribution in [-0.2, 0) is 9.59 Å². The summed E-state index contributed by atoms with van der Waals surface area (Å²) in [6, 6.07) is 0. The number of carbonyl (C=O) groups excluding carboxylic acids is 1. The highest BCUT2D eigenvalue weighted by atomic mass is 19.4. The Labute approximate surface area is 120 Å². The first-order chi connectivity index (χ1) is 9.79. The zero-order valence-corrected chi connectivity index (χ0v) is 11.5. The van der Waals surface area contributed by atoms with E-state index >= 15 is 0 Å². The molecule has 1 heterocycles. The van der Waals surface area contributed by atoms with E-state index in [0.29, 0.717) is 11.8 Å². The van der Waals surface area contributed by atoms with Crippen LogP contribution >= 0.6 is 0 Å². The van der Waals surface area contributed by atoms with Gasteiger partial charge in [-0.1, -0.05) is 0 Å². The van der Waals surface area contributed by atoms with Gasteiger partial charge in [-0.2, -0.15) is 13.2 Å². The number of carboxylic acids is 1. The molecule has 21 heavy (non-hydrogen) atoms. The van der Waals surface area contributed by atoms with Crippen molar-refractivity contribution in [1.82, 2.24) is 4.90 Å². The lowest BCUT2D eigenvalue weighted by Crippen LogP contribution is -2.37. The van der Waals surface area contributed by atoms with Crippen LogP contribution in [0.3, 0.4) is 0 Å². The van der Waals surface area contributed by atoms with E-state index in [2.05, 4.69) is 0 Å². The maximum Gasteiger partial charge on any atom is 0.394 e. The standard InChI is InChI=1S/C14H18F3NO3/c15-14(16,17)10-6-18(5-9(10)13(20)21)12(19)11(7-1-2-7)8-3-4-8/h7-11H,1-6H2,(H,20,21)/t9-,10-/m1/s1. The number of aliphatic carboxylic acids is 1. The zero-order valence-electron chi connectivity index (χ0n) is 11.5. The minimum absolute atomic E-state index is 0.175. The van der Waals surface area contributed by atoms with E-state index in [1.807, 2.05) is 0 Å². The second-order valence-corrected chi connectivity index (χ2v) is 6.54. The number of carboxylic acid groups (broad SMARTS) is 1. The molecule has 1 saturated heterocycles. The van der Waals surface area contributed by atoms with Gasteiger partial charge in [0.15, 0.2) is 0 Å². The third-order valence-corrected chi connectivity index (χ3v) is 4.91. The van der Waals surface area contributed by atoms with E-state index in [9.17, 15) is 22.8 Å². The van der Waals surface area contributed by atoms with Crippen LogP contribution in [0.1, 0.15) is 25.7 Å². The Hall–Kier alpha value is -1.27. The molecule has 0 spiro atoms. The number of hydrogen-bond donors (Lipinski definition) is 1. The number of alkyl halides is 3. The lowest BCUT2D eigenvalue weighted by molar-refractivity contribution is -0.188. The summed E-state index contributed by atoms with van der Waals surface area (Å²) in [7, 11) is 0. The van der Waals surface area contributed by atoms with Crippen molar-refractivity contribution in [2.75, 3.05) is 13.1 Å². The first-order valence-corrected chi connectivity index (χ1v) is 7.37. The molecular formula is C14H18F3NO3. The summed E-state index contributed by atoms with van der Waals surface area (Å²) in [4.78, 5) is 24.7. The van der Waals surface area contributed by atoms with Crippen molar-refractivity contribution in [3.05, 3.63) is 0 Å². The normalized spacial score (nSPS) is 30.0. The number of halogens is 3. The van der Waals surface area contributed by atoms with Crippen LogP contribution in [0.4, 0.5) is 13.2 Å². The number of hydrogen-bond acceptors (Lipinski definition) is 2. The SMILES string of the molecule is O=C(O)[C@@H]1CN(C(=O)C(C2CC2)C2CC2)C[C@H]1C(F)(F)F. The summed E-state index contributed by atoms with van der Waals surface area (Å²) in [6.07, 6.45) is -0.720. The Morgan fingerprint density at radius 2 is 1.57 bits per heavy atom. The molecule has 0 aromatic carbocycles. The van der Waals surface area contributed by atoms with E-state index < -0.39 is 30.5 Å². The van der Waals surface area contributed by atoms with Crippen LogP contribution < -0.4 is 0 Å². The van der Waals surface area contributed by atoms with E-state index in [1.165, 1.54) is 0 Å². The molecule has 2 saturated carbocycles. The molecule has 2 atom stereocenters. The van der Waals surface area contributed by atoms with E-state index in [0.717, 1.165) is 30.6 Å². The van der Waals surface area contributed by atoms with Gasteiger partial charge in [0.1, 0.15) is 0 Å². The molecule has 3 rings (SSSR count). The van der Waals surface area contributed by atoms with Gasteiger partial charge in [0, 0.05) is 19.0 Å². The summed E-state index contributed by atoms with van der Waals surface area (Å²) in [6.45, 7) is -0.816. The topological polar surface area (TPSA) is 57.6 Å². The zero-order chi connectivity index (χ0) is 15.4. The highest BCUT2D eigenvalue weighted by Gasteiger charge is 2.55. The minimum atomic E-state index is -4.58. The van der Waals surface area contributed by atoms with Crippen LogP contribution in [0, 0.1) is 29.6 Å². The van der Waals surface area contributed by atoms with Crippen LogP contribution in [0.15, 0.2) is 0 Å². The Morgan fingerprint density at radius 3 is 1.90 bits per heavy atom. The maximum absolute atomic E-state index is 12.9. The molecule has 1 N–H and O–H groups in total. The Kier molecular flexibility index (Phi) is 3.41. The third-order valence-electron chi connectivity index (χ3n) is 4.91. The molecule has 7 heteroatoms. The van der Waals surface area contributed by atoms with Crippen molar-refractivity contribution in [3.63, 3.8) is 0 Å². The van der Waals surface area contributed by atoms with Gasteiger partial charge in [-0.15, -0.1) is 0 Å². The van der Waals surface area contributed by atoms with Crippen LogP contribution in [0.2, 0.25) is 0 Å². The molecule has 1 aliphatic heterocycles. The number of likely N-dealkylation sites (tertiary alicyclic amines) is 1. The lowest BCUT2D eigenvalue weighted by atomic mass is 9.96. The van der Waals surface area contributed by atoms with E-state index in [4.69, 9.17) is 5.11 Å². The van der Waals surface area contributed by atoms with Gasteiger partial charge < -0.3 is 10.0 Å². The van der Waals surface area contributed by atoms with Gasteiger partial charge in [0.2, 0.25) is 5.91 Å². The van der Waals surface area contributed by atoms with Gasteiger partial charge >= 0.3 is 12.1 Å². The lowest BCUT2D eigenvalue weighted by Gasteiger charge is -2.23. The van der Waals surface area contributed by atoms with Gasteiger partial charge in [0.25, 0.3) is 0 Å². The number of rotatable bonds is 4. The Bertz CT molecular complexity index is 445. The van der Waals surface area contributed by atoms with Crippen molar-refractivity contribution >= 4 is 11.9 Å². The van der Waals surface area contributed by atoms with Crippen molar-refractivity contribution in [2.24, 2.45) is 29.6 Å². The predicted molar refractivity (Wildman–Crippen MR) is 66.2 cm³/mol. The fourth-order valence-electron chi connectivity index (χ4n) is 3.48. The summed E-state index contributed by atoms with van der Waals surface area (Å²) in [5, 5.41) is 8.99. The molecule has 3 fully saturated rings. The fraction of sp³-hybridized carbons (Fsp3) is 0.857. The molecule has 118 valence electrons. The highest BCUT2D eigenvalue weighted by Crippen LogP contribution is 2.50. The van der Waals surface area contributed by atoms with Crippen molar-refractivity contribution in [1.29, 1.82) is 0 Å². The predicted octanol–water partition coefficient (Wildman–Crippen LogP) is 2.14. The molecular weight excluding hydrogens is 287 g/mol. The molecule has 4 nitrogen and oxygen atoms in total. The molecule has 1 amide bonds. The number of amides is 1. The monoisotopic (exact) mass is 305 g/mol. The summed E-state index contributed by atoms with van der Waals surface area (Å²) in [5.74, 6) is -4.77. The molecule has 0 unspecified atom stereocenters. The van der Waals surface area contributed by atoms with Crippen LogP contribution in [0.25, 0.3) is 0 Å². The van der Waals surface area contributed by atoms with Crippen molar-refractivity contribution in [3.8, 4) is 0 Å². The van der Waals surface area contributed by atoms with Gasteiger partial charge in [-0.25, -0.2) is 0 Å². The Balaban J connectivity index is 1.74. The smallest absolute Gasteiger partial charge is 0.394 e. The van der Waals surface area contributed by atoms with E-state index in [1.54, 1.807) is 0 Å². The van der Waals surface area contributed by atoms with Crippen LogP contribution in [0.5, 0.6) is 0 Å². The number of carbonyl (C=O) groups is 2. The minimum Gasteiger partial charge on any atom is -0.481 e. The van der Waals surface area contributed by atoms with Gasteiger partial charge in [-0.3, -0.25) is 9.59 Å². The third kappa shape index (κ3) is 2.87.